The number of rotatable bonds is 2. The molecule has 2 heterocycles. The third-order valence-electron chi connectivity index (χ3n) is 4.78. The van der Waals surface area contributed by atoms with E-state index in [1.165, 1.54) is 11.8 Å². The van der Waals surface area contributed by atoms with E-state index in [1.807, 2.05) is 56.4 Å². The standard InChI is InChI=1S/C21H18N2OS2/c1-13-7-6-8-15(11-13)23-20(24)19(26-21(23)25)12-17-14(2)22(3)18-10-5-4-9-16(17)18/h4-12H,1-3H3/b19-12+. The average molecular weight is 379 g/mol. The zero-order valence-electron chi connectivity index (χ0n) is 14.8. The molecule has 26 heavy (non-hydrogen) atoms. The van der Waals surface area contributed by atoms with E-state index in [2.05, 4.69) is 23.6 Å². The van der Waals surface area contributed by atoms with Crippen molar-refractivity contribution in [2.24, 2.45) is 7.05 Å². The van der Waals surface area contributed by atoms with Gasteiger partial charge >= 0.3 is 0 Å². The van der Waals surface area contributed by atoms with E-state index in [1.54, 1.807) is 4.90 Å². The number of anilines is 1. The van der Waals surface area contributed by atoms with Crippen molar-refractivity contribution in [1.82, 2.24) is 4.57 Å². The van der Waals surface area contributed by atoms with Gasteiger partial charge in [-0.05, 0) is 43.7 Å². The van der Waals surface area contributed by atoms with Gasteiger partial charge in [0.2, 0.25) is 0 Å². The molecule has 4 rings (SSSR count). The highest BCUT2D eigenvalue weighted by atomic mass is 32.2. The van der Waals surface area contributed by atoms with E-state index in [9.17, 15) is 4.79 Å². The van der Waals surface area contributed by atoms with Crippen molar-refractivity contribution >= 4 is 56.9 Å². The molecule has 130 valence electrons. The monoisotopic (exact) mass is 378 g/mol. The highest BCUT2D eigenvalue weighted by Gasteiger charge is 2.33. The normalized spacial score (nSPS) is 16.3. The molecule has 0 bridgehead atoms. The number of amides is 1. The molecule has 1 aromatic heterocycles. The van der Waals surface area contributed by atoms with E-state index in [0.717, 1.165) is 33.4 Å². The number of nitrogens with zero attached hydrogens (tertiary/aromatic N) is 2. The number of carbonyl (C=O) groups is 1. The number of hydrogen-bond donors (Lipinski definition) is 0. The fourth-order valence-corrected chi connectivity index (χ4v) is 4.60. The van der Waals surface area contributed by atoms with Crippen molar-refractivity contribution in [3.8, 4) is 0 Å². The van der Waals surface area contributed by atoms with Crippen LogP contribution in [0, 0.1) is 13.8 Å². The molecule has 0 spiro atoms. The summed E-state index contributed by atoms with van der Waals surface area (Å²) >= 11 is 6.86. The number of thiocarbonyl (C=S) groups is 1. The zero-order valence-corrected chi connectivity index (χ0v) is 16.4. The second-order valence-electron chi connectivity index (χ2n) is 6.43. The molecule has 0 radical (unpaired) electrons. The Kier molecular flexibility index (Phi) is 4.21. The molecule has 2 aromatic carbocycles. The van der Waals surface area contributed by atoms with Gasteiger partial charge in [-0.1, -0.05) is 54.3 Å². The van der Waals surface area contributed by atoms with Crippen molar-refractivity contribution in [3.63, 3.8) is 0 Å². The molecule has 0 saturated carbocycles. The lowest BCUT2D eigenvalue weighted by Crippen LogP contribution is -2.27. The minimum absolute atomic E-state index is 0.0575. The van der Waals surface area contributed by atoms with Gasteiger partial charge in [0.1, 0.15) is 0 Å². The first-order chi connectivity index (χ1) is 12.5. The summed E-state index contributed by atoms with van der Waals surface area (Å²) in [4.78, 5) is 15.3. The Labute approximate surface area is 162 Å². The van der Waals surface area contributed by atoms with Crippen LogP contribution < -0.4 is 4.90 Å². The number of aromatic nitrogens is 1. The minimum atomic E-state index is -0.0575. The van der Waals surface area contributed by atoms with Crippen molar-refractivity contribution in [2.75, 3.05) is 4.90 Å². The van der Waals surface area contributed by atoms with Crippen molar-refractivity contribution in [1.29, 1.82) is 0 Å². The lowest BCUT2D eigenvalue weighted by atomic mass is 10.1. The molecule has 0 aliphatic carbocycles. The third kappa shape index (κ3) is 2.68. The predicted octanol–water partition coefficient (Wildman–Crippen LogP) is 5.20. The van der Waals surface area contributed by atoms with Crippen LogP contribution in [0.5, 0.6) is 0 Å². The molecule has 5 heteroatoms. The van der Waals surface area contributed by atoms with E-state index < -0.39 is 0 Å². The van der Waals surface area contributed by atoms with Gasteiger partial charge in [0.05, 0.1) is 10.6 Å². The van der Waals surface area contributed by atoms with Gasteiger partial charge in [0.25, 0.3) is 5.91 Å². The topological polar surface area (TPSA) is 25.2 Å². The summed E-state index contributed by atoms with van der Waals surface area (Å²) in [5, 5.41) is 1.15. The van der Waals surface area contributed by atoms with Gasteiger partial charge in [-0.2, -0.15) is 0 Å². The number of thioether (sulfide) groups is 1. The van der Waals surface area contributed by atoms with Crippen LogP contribution in [0.15, 0.2) is 53.4 Å². The lowest BCUT2D eigenvalue weighted by molar-refractivity contribution is -0.113. The fraction of sp³-hybridized carbons (Fsp3) is 0.143. The zero-order chi connectivity index (χ0) is 18.4. The Morgan fingerprint density at radius 3 is 2.62 bits per heavy atom. The molecule has 1 fully saturated rings. The van der Waals surface area contributed by atoms with Gasteiger partial charge < -0.3 is 4.57 Å². The number of carbonyl (C=O) groups excluding carboxylic acids is 1. The van der Waals surface area contributed by atoms with Crippen LogP contribution in [0.2, 0.25) is 0 Å². The van der Waals surface area contributed by atoms with Crippen LogP contribution in [-0.4, -0.2) is 14.8 Å². The molecule has 1 saturated heterocycles. The second-order valence-corrected chi connectivity index (χ2v) is 8.11. The molecule has 0 N–H and O–H groups in total. The minimum Gasteiger partial charge on any atom is -0.347 e. The summed E-state index contributed by atoms with van der Waals surface area (Å²) in [5.74, 6) is -0.0575. The van der Waals surface area contributed by atoms with Crippen LogP contribution in [0.4, 0.5) is 5.69 Å². The van der Waals surface area contributed by atoms with Crippen LogP contribution >= 0.6 is 24.0 Å². The number of hydrogen-bond acceptors (Lipinski definition) is 3. The Balaban J connectivity index is 1.80. The predicted molar refractivity (Wildman–Crippen MR) is 114 cm³/mol. The maximum atomic E-state index is 13.0. The van der Waals surface area contributed by atoms with E-state index in [-0.39, 0.29) is 5.91 Å². The summed E-state index contributed by atoms with van der Waals surface area (Å²) < 4.78 is 2.73. The van der Waals surface area contributed by atoms with E-state index in [0.29, 0.717) is 9.23 Å². The number of fused-ring (bicyclic) bond motifs is 1. The molecule has 1 aliphatic rings. The molecule has 0 atom stereocenters. The molecule has 3 aromatic rings. The van der Waals surface area contributed by atoms with Gasteiger partial charge in [-0.3, -0.25) is 9.69 Å². The lowest BCUT2D eigenvalue weighted by Gasteiger charge is -2.14. The smallest absolute Gasteiger partial charge is 0.270 e. The summed E-state index contributed by atoms with van der Waals surface area (Å²) in [5.41, 5.74) is 5.29. The highest BCUT2D eigenvalue weighted by molar-refractivity contribution is 8.27. The van der Waals surface area contributed by atoms with Crippen molar-refractivity contribution in [2.45, 2.75) is 13.8 Å². The van der Waals surface area contributed by atoms with Crippen LogP contribution in [0.3, 0.4) is 0 Å². The quantitative estimate of drug-likeness (QED) is 0.453. The van der Waals surface area contributed by atoms with E-state index in [4.69, 9.17) is 12.2 Å². The summed E-state index contributed by atoms with van der Waals surface area (Å²) in [7, 11) is 2.05. The molecule has 1 aliphatic heterocycles. The summed E-state index contributed by atoms with van der Waals surface area (Å²) in [6.45, 7) is 4.09. The van der Waals surface area contributed by atoms with Gasteiger partial charge in [0.15, 0.2) is 4.32 Å². The number of aryl methyl sites for hydroxylation is 2. The Morgan fingerprint density at radius 2 is 1.85 bits per heavy atom. The third-order valence-corrected chi connectivity index (χ3v) is 6.08. The van der Waals surface area contributed by atoms with Crippen LogP contribution in [-0.2, 0) is 11.8 Å². The molecular formula is C21H18N2OS2. The average Bonchev–Trinajstić information content (AvgIpc) is 3.04. The highest BCUT2D eigenvalue weighted by Crippen LogP contribution is 2.38. The summed E-state index contributed by atoms with van der Waals surface area (Å²) in [6.07, 6.45) is 1.98. The van der Waals surface area contributed by atoms with Crippen LogP contribution in [0.25, 0.3) is 17.0 Å². The van der Waals surface area contributed by atoms with E-state index >= 15 is 0 Å². The second kappa shape index (κ2) is 6.41. The maximum Gasteiger partial charge on any atom is 0.270 e. The van der Waals surface area contributed by atoms with Crippen LogP contribution in [0.1, 0.15) is 16.8 Å². The molecule has 3 nitrogen and oxygen atoms in total. The van der Waals surface area contributed by atoms with Crippen molar-refractivity contribution in [3.05, 3.63) is 70.3 Å². The van der Waals surface area contributed by atoms with Gasteiger partial charge in [-0.25, -0.2) is 0 Å². The van der Waals surface area contributed by atoms with Gasteiger partial charge in [0, 0.05) is 29.2 Å². The Morgan fingerprint density at radius 1 is 1.08 bits per heavy atom. The first-order valence-electron chi connectivity index (χ1n) is 8.36. The molecule has 1 amide bonds. The Bertz CT molecular complexity index is 1090. The SMILES string of the molecule is Cc1cccc(N2C(=O)/C(=C\c3c(C)n(C)c4ccccc34)SC2=S)c1. The van der Waals surface area contributed by atoms with Gasteiger partial charge in [-0.15, -0.1) is 0 Å². The largest absolute Gasteiger partial charge is 0.347 e. The number of para-hydroxylation sites is 1. The fourth-order valence-electron chi connectivity index (χ4n) is 3.32. The number of benzene rings is 2. The first-order valence-corrected chi connectivity index (χ1v) is 9.58. The maximum absolute atomic E-state index is 13.0. The Hall–Kier alpha value is -2.37. The summed E-state index contributed by atoms with van der Waals surface area (Å²) in [6, 6.07) is 16.1. The molecular weight excluding hydrogens is 360 g/mol. The first kappa shape index (κ1) is 17.1. The molecule has 0 unspecified atom stereocenters. The van der Waals surface area contributed by atoms with Crippen molar-refractivity contribution < 1.29 is 4.79 Å².